The number of para-hydroxylation sites is 1. The molecule has 0 radical (unpaired) electrons. The molecule has 178 valence electrons. The predicted molar refractivity (Wildman–Crippen MR) is 140 cm³/mol. The van der Waals surface area contributed by atoms with Crippen LogP contribution in [0.25, 0.3) is 28.2 Å². The van der Waals surface area contributed by atoms with Gasteiger partial charge in [0.25, 0.3) is 10.0 Å². The van der Waals surface area contributed by atoms with Crippen LogP contribution < -0.4 is 10.0 Å². The van der Waals surface area contributed by atoms with Crippen molar-refractivity contribution in [3.05, 3.63) is 121 Å². The van der Waals surface area contributed by atoms with E-state index in [2.05, 4.69) is 5.32 Å². The van der Waals surface area contributed by atoms with Crippen LogP contribution in [-0.2, 0) is 10.0 Å². The summed E-state index contributed by atoms with van der Waals surface area (Å²) >= 11 is 0. The van der Waals surface area contributed by atoms with Crippen molar-refractivity contribution in [2.75, 3.05) is 5.32 Å². The first-order chi connectivity index (χ1) is 17.5. The van der Waals surface area contributed by atoms with Crippen LogP contribution >= 0.6 is 0 Å². The highest BCUT2D eigenvalue weighted by atomic mass is 32.2. The second kappa shape index (κ2) is 9.89. The molecular formula is C28H22N4O3S. The topological polar surface area (TPSA) is 93.1 Å². The van der Waals surface area contributed by atoms with E-state index in [1.807, 2.05) is 71.5 Å². The maximum absolute atomic E-state index is 12.8. The highest BCUT2D eigenvalue weighted by Gasteiger charge is 2.19. The lowest BCUT2D eigenvalue weighted by Gasteiger charge is -2.11. The third kappa shape index (κ3) is 5.03. The van der Waals surface area contributed by atoms with Gasteiger partial charge in [0.1, 0.15) is 0 Å². The smallest absolute Gasteiger partial charge is 0.307 e. The fourth-order valence-electron chi connectivity index (χ4n) is 3.77. The summed E-state index contributed by atoms with van der Waals surface area (Å²) in [7, 11) is -4.07. The summed E-state index contributed by atoms with van der Waals surface area (Å²) in [5, 5.41) is 7.31. The van der Waals surface area contributed by atoms with Gasteiger partial charge in [-0.05, 0) is 42.5 Å². The first kappa shape index (κ1) is 23.1. The molecule has 0 unspecified atom stereocenters. The molecule has 0 saturated carbocycles. The van der Waals surface area contributed by atoms with Gasteiger partial charge in [0.05, 0.1) is 22.0 Å². The molecule has 0 bridgehead atoms. The van der Waals surface area contributed by atoms with Gasteiger partial charge in [-0.25, -0.2) is 22.6 Å². The number of rotatable bonds is 6. The number of anilines is 1. The summed E-state index contributed by atoms with van der Waals surface area (Å²) in [6, 6.07) is 35.7. The molecule has 2 N–H and O–H groups in total. The number of nitrogens with zero attached hydrogens (tertiary/aromatic N) is 2. The highest BCUT2D eigenvalue weighted by molar-refractivity contribution is 7.90. The van der Waals surface area contributed by atoms with Crippen LogP contribution in [0.1, 0.15) is 0 Å². The van der Waals surface area contributed by atoms with Gasteiger partial charge in [0.2, 0.25) is 0 Å². The Balaban J connectivity index is 1.44. The van der Waals surface area contributed by atoms with E-state index < -0.39 is 16.1 Å². The van der Waals surface area contributed by atoms with Gasteiger partial charge in [-0.1, -0.05) is 78.9 Å². The summed E-state index contributed by atoms with van der Waals surface area (Å²) in [4.78, 5) is 12.2. The van der Waals surface area contributed by atoms with Crippen LogP contribution in [0.2, 0.25) is 0 Å². The van der Waals surface area contributed by atoms with E-state index in [-0.39, 0.29) is 4.90 Å². The molecule has 7 nitrogen and oxygen atoms in total. The Morgan fingerprint density at radius 2 is 1.25 bits per heavy atom. The molecule has 2 amide bonds. The Kier molecular flexibility index (Phi) is 6.34. The van der Waals surface area contributed by atoms with Gasteiger partial charge >= 0.3 is 6.03 Å². The number of benzene rings is 4. The number of carbonyl (C=O) groups excluding carboxylic acids is 1. The molecule has 0 spiro atoms. The first-order valence-electron chi connectivity index (χ1n) is 11.2. The molecule has 5 aromatic rings. The average Bonchev–Trinajstić information content (AvgIpc) is 3.36. The van der Waals surface area contributed by atoms with E-state index in [1.54, 1.807) is 47.1 Å². The molecule has 1 aromatic heterocycles. The van der Waals surface area contributed by atoms with E-state index in [4.69, 9.17) is 5.10 Å². The van der Waals surface area contributed by atoms with Gasteiger partial charge in [-0.15, -0.1) is 0 Å². The Morgan fingerprint density at radius 1 is 0.694 bits per heavy atom. The molecule has 36 heavy (non-hydrogen) atoms. The molecule has 8 heteroatoms. The van der Waals surface area contributed by atoms with E-state index in [0.29, 0.717) is 11.4 Å². The Bertz CT molecular complexity index is 1580. The van der Waals surface area contributed by atoms with Gasteiger partial charge < -0.3 is 5.32 Å². The van der Waals surface area contributed by atoms with E-state index in [9.17, 15) is 13.2 Å². The SMILES string of the molecule is O=C(Nc1ccccc1)NS(=O)(=O)c1ccc(-n2nc(-c3ccccc3)cc2-c2ccccc2)cc1. The summed E-state index contributed by atoms with van der Waals surface area (Å²) in [5.74, 6) is 0. The van der Waals surface area contributed by atoms with Crippen molar-refractivity contribution in [2.45, 2.75) is 4.90 Å². The number of nitrogens with one attached hydrogen (secondary N) is 2. The maximum Gasteiger partial charge on any atom is 0.333 e. The molecule has 0 aliphatic heterocycles. The zero-order valence-electron chi connectivity index (χ0n) is 19.1. The lowest BCUT2D eigenvalue weighted by atomic mass is 10.1. The number of aromatic nitrogens is 2. The van der Waals surface area contributed by atoms with Crippen molar-refractivity contribution in [2.24, 2.45) is 0 Å². The molecule has 0 saturated heterocycles. The number of hydrogen-bond acceptors (Lipinski definition) is 4. The molecule has 0 aliphatic rings. The summed E-state index contributed by atoms with van der Waals surface area (Å²) in [6.45, 7) is 0. The largest absolute Gasteiger partial charge is 0.333 e. The molecule has 1 heterocycles. The minimum absolute atomic E-state index is 0.0360. The standard InChI is InChI=1S/C28H22N4O3S/c33-28(29-23-14-8-3-9-15-23)31-36(34,35)25-18-16-24(17-19-25)32-27(22-12-6-2-7-13-22)20-26(30-32)21-10-4-1-5-11-21/h1-20H,(H2,29,31,33). The average molecular weight is 495 g/mol. The van der Waals surface area contributed by atoms with Crippen molar-refractivity contribution in [1.82, 2.24) is 14.5 Å². The Hall–Kier alpha value is -4.69. The maximum atomic E-state index is 12.8. The molecule has 0 aliphatic carbocycles. The van der Waals surface area contributed by atoms with Crippen molar-refractivity contribution < 1.29 is 13.2 Å². The zero-order chi connectivity index (χ0) is 25.0. The second-order valence-corrected chi connectivity index (χ2v) is 9.66. The summed E-state index contributed by atoms with van der Waals surface area (Å²) < 4.78 is 29.4. The van der Waals surface area contributed by atoms with Crippen LogP contribution in [0.3, 0.4) is 0 Å². The Labute approximate surface area is 209 Å². The Morgan fingerprint density at radius 3 is 1.86 bits per heavy atom. The van der Waals surface area contributed by atoms with Gasteiger partial charge in [0, 0.05) is 16.8 Å². The lowest BCUT2D eigenvalue weighted by molar-refractivity contribution is 0.256. The van der Waals surface area contributed by atoms with Crippen molar-refractivity contribution in [3.8, 4) is 28.2 Å². The first-order valence-corrected chi connectivity index (χ1v) is 12.7. The fourth-order valence-corrected chi connectivity index (χ4v) is 4.68. The van der Waals surface area contributed by atoms with Crippen LogP contribution in [0.4, 0.5) is 10.5 Å². The number of hydrogen-bond donors (Lipinski definition) is 2. The van der Waals surface area contributed by atoms with Crippen molar-refractivity contribution in [3.63, 3.8) is 0 Å². The molecule has 0 fully saturated rings. The highest BCUT2D eigenvalue weighted by Crippen LogP contribution is 2.29. The van der Waals surface area contributed by atoms with E-state index in [0.717, 1.165) is 22.5 Å². The van der Waals surface area contributed by atoms with Gasteiger partial charge in [0.15, 0.2) is 0 Å². The van der Waals surface area contributed by atoms with E-state index >= 15 is 0 Å². The third-order valence-electron chi connectivity index (χ3n) is 5.50. The number of urea groups is 1. The van der Waals surface area contributed by atoms with Crippen LogP contribution in [0.15, 0.2) is 126 Å². The molecule has 5 rings (SSSR count). The number of carbonyl (C=O) groups is 1. The van der Waals surface area contributed by atoms with Gasteiger partial charge in [-0.3, -0.25) is 0 Å². The summed E-state index contributed by atoms with van der Waals surface area (Å²) in [6.07, 6.45) is 0. The second-order valence-electron chi connectivity index (χ2n) is 7.98. The van der Waals surface area contributed by atoms with Crippen LogP contribution in [0.5, 0.6) is 0 Å². The van der Waals surface area contributed by atoms with Crippen molar-refractivity contribution in [1.29, 1.82) is 0 Å². The van der Waals surface area contributed by atoms with Crippen molar-refractivity contribution >= 4 is 21.7 Å². The molecule has 0 atom stereocenters. The van der Waals surface area contributed by atoms with E-state index in [1.165, 1.54) is 12.1 Å². The van der Waals surface area contributed by atoms with Crippen LogP contribution in [-0.4, -0.2) is 24.2 Å². The third-order valence-corrected chi connectivity index (χ3v) is 6.85. The summed E-state index contributed by atoms with van der Waals surface area (Å²) in [5.41, 5.74) is 4.78. The zero-order valence-corrected chi connectivity index (χ0v) is 19.9. The lowest BCUT2D eigenvalue weighted by Crippen LogP contribution is -2.34. The normalized spacial score (nSPS) is 11.1. The fraction of sp³-hybridized carbons (Fsp3) is 0. The number of sulfonamides is 1. The molecular weight excluding hydrogens is 472 g/mol. The van der Waals surface area contributed by atoms with Crippen LogP contribution in [0, 0.1) is 0 Å². The number of amides is 2. The van der Waals surface area contributed by atoms with Gasteiger partial charge in [-0.2, -0.15) is 5.10 Å². The molecule has 4 aromatic carbocycles. The monoisotopic (exact) mass is 494 g/mol. The quantitative estimate of drug-likeness (QED) is 0.316. The predicted octanol–water partition coefficient (Wildman–Crippen LogP) is 5.72. The minimum atomic E-state index is -4.07. The minimum Gasteiger partial charge on any atom is -0.307 e.